The van der Waals surface area contributed by atoms with Gasteiger partial charge in [0.15, 0.2) is 10.4 Å². The highest BCUT2D eigenvalue weighted by Crippen LogP contribution is 2.15. The Morgan fingerprint density at radius 1 is 1.22 bits per heavy atom. The minimum absolute atomic E-state index is 0.715. The molecule has 0 aliphatic heterocycles. The van der Waals surface area contributed by atoms with Crippen molar-refractivity contribution in [2.45, 2.75) is 13.5 Å². The molecule has 0 amide bonds. The number of imidazole rings is 1. The monoisotopic (exact) mass is 255 g/mol. The van der Waals surface area contributed by atoms with E-state index in [-0.39, 0.29) is 0 Å². The molecule has 0 saturated heterocycles. The van der Waals surface area contributed by atoms with Crippen molar-refractivity contribution in [1.29, 1.82) is 0 Å². The van der Waals surface area contributed by atoms with E-state index < -0.39 is 0 Å². The van der Waals surface area contributed by atoms with Crippen molar-refractivity contribution in [1.82, 2.24) is 14.5 Å². The van der Waals surface area contributed by atoms with Gasteiger partial charge in [0.05, 0.1) is 12.1 Å². The molecule has 0 spiro atoms. The second-order valence-corrected chi connectivity index (χ2v) is 4.70. The highest BCUT2D eigenvalue weighted by Gasteiger charge is 2.06. The third kappa shape index (κ3) is 1.84. The Labute approximate surface area is 110 Å². The van der Waals surface area contributed by atoms with Crippen molar-refractivity contribution in [2.75, 3.05) is 0 Å². The number of hydrogen-bond donors (Lipinski definition) is 1. The van der Waals surface area contributed by atoms with Gasteiger partial charge in [-0.05, 0) is 42.4 Å². The van der Waals surface area contributed by atoms with Crippen LogP contribution >= 0.6 is 12.2 Å². The van der Waals surface area contributed by atoms with Gasteiger partial charge in [-0.2, -0.15) is 0 Å². The van der Waals surface area contributed by atoms with E-state index >= 15 is 0 Å². The van der Waals surface area contributed by atoms with E-state index in [0.717, 1.165) is 17.7 Å². The van der Waals surface area contributed by atoms with Crippen molar-refractivity contribution in [3.63, 3.8) is 0 Å². The van der Waals surface area contributed by atoms with Gasteiger partial charge in [-0.1, -0.05) is 24.3 Å². The predicted octanol–water partition coefficient (Wildman–Crippen LogP) is 3.45. The summed E-state index contributed by atoms with van der Waals surface area (Å²) >= 11 is 5.36. The fraction of sp³-hybridized carbons (Fsp3) is 0.143. The molecule has 3 aromatic rings. The fourth-order valence-electron chi connectivity index (χ4n) is 2.09. The molecule has 3 rings (SSSR count). The number of aryl methyl sites for hydroxylation is 1. The maximum Gasteiger partial charge on any atom is 0.179 e. The number of pyridine rings is 1. The van der Waals surface area contributed by atoms with E-state index in [1.807, 2.05) is 28.8 Å². The van der Waals surface area contributed by atoms with Crippen LogP contribution in [0.5, 0.6) is 0 Å². The van der Waals surface area contributed by atoms with E-state index in [1.54, 1.807) is 6.20 Å². The molecule has 0 unspecified atom stereocenters. The standard InChI is InChI=1S/C14H13N3S/c1-10-5-2-3-6-11(10)9-17-13-12(16-14(17)18)7-4-8-15-13/h2-8H,9H2,1H3,(H,16,18). The third-order valence-corrected chi connectivity index (χ3v) is 3.44. The van der Waals surface area contributed by atoms with Crippen LogP contribution in [-0.2, 0) is 6.54 Å². The molecule has 2 aromatic heterocycles. The Morgan fingerprint density at radius 2 is 2.06 bits per heavy atom. The van der Waals surface area contributed by atoms with Crippen LogP contribution in [0.4, 0.5) is 0 Å². The molecular weight excluding hydrogens is 242 g/mol. The van der Waals surface area contributed by atoms with Gasteiger partial charge in [-0.15, -0.1) is 0 Å². The lowest BCUT2D eigenvalue weighted by Crippen LogP contribution is -2.02. The Morgan fingerprint density at radius 3 is 2.89 bits per heavy atom. The number of benzene rings is 1. The smallest absolute Gasteiger partial charge is 0.179 e. The largest absolute Gasteiger partial charge is 0.329 e. The normalized spacial score (nSPS) is 10.9. The molecule has 0 atom stereocenters. The summed E-state index contributed by atoms with van der Waals surface area (Å²) in [7, 11) is 0. The quantitative estimate of drug-likeness (QED) is 0.712. The average Bonchev–Trinajstić information content (AvgIpc) is 2.69. The number of fused-ring (bicyclic) bond motifs is 1. The van der Waals surface area contributed by atoms with Crippen LogP contribution < -0.4 is 0 Å². The molecule has 0 radical (unpaired) electrons. The highest BCUT2D eigenvalue weighted by atomic mass is 32.1. The first-order valence-corrected chi connectivity index (χ1v) is 6.24. The molecule has 2 heterocycles. The Balaban J connectivity index is 2.13. The fourth-order valence-corrected chi connectivity index (χ4v) is 2.35. The van der Waals surface area contributed by atoms with Crippen LogP contribution in [0.15, 0.2) is 42.6 Å². The topological polar surface area (TPSA) is 33.6 Å². The SMILES string of the molecule is Cc1ccccc1Cn1c(=S)[nH]c2cccnc21. The van der Waals surface area contributed by atoms with Crippen LogP contribution in [0.3, 0.4) is 0 Å². The first-order chi connectivity index (χ1) is 8.75. The Hall–Kier alpha value is -1.94. The van der Waals surface area contributed by atoms with Gasteiger partial charge < -0.3 is 4.98 Å². The summed E-state index contributed by atoms with van der Waals surface area (Å²) in [5, 5.41) is 0. The molecule has 1 aromatic carbocycles. The van der Waals surface area contributed by atoms with E-state index in [0.29, 0.717) is 4.77 Å². The van der Waals surface area contributed by atoms with Crippen molar-refractivity contribution >= 4 is 23.4 Å². The zero-order chi connectivity index (χ0) is 12.5. The van der Waals surface area contributed by atoms with Gasteiger partial charge in [0, 0.05) is 6.20 Å². The number of aromatic amines is 1. The first-order valence-electron chi connectivity index (χ1n) is 5.84. The van der Waals surface area contributed by atoms with Crippen molar-refractivity contribution in [2.24, 2.45) is 0 Å². The number of H-pyrrole nitrogens is 1. The van der Waals surface area contributed by atoms with Crippen molar-refractivity contribution in [3.8, 4) is 0 Å². The predicted molar refractivity (Wildman–Crippen MR) is 75.2 cm³/mol. The van der Waals surface area contributed by atoms with Gasteiger partial charge in [-0.25, -0.2) is 4.98 Å². The summed E-state index contributed by atoms with van der Waals surface area (Å²) in [5.74, 6) is 0. The molecule has 90 valence electrons. The number of nitrogens with one attached hydrogen (secondary N) is 1. The molecule has 3 nitrogen and oxygen atoms in total. The van der Waals surface area contributed by atoms with Crippen LogP contribution in [0.1, 0.15) is 11.1 Å². The van der Waals surface area contributed by atoms with Gasteiger partial charge >= 0.3 is 0 Å². The summed E-state index contributed by atoms with van der Waals surface area (Å²) in [5.41, 5.74) is 4.42. The van der Waals surface area contributed by atoms with E-state index in [2.05, 4.69) is 29.0 Å². The average molecular weight is 255 g/mol. The number of rotatable bonds is 2. The molecule has 18 heavy (non-hydrogen) atoms. The molecular formula is C14H13N3S. The van der Waals surface area contributed by atoms with Crippen LogP contribution in [0.2, 0.25) is 0 Å². The van der Waals surface area contributed by atoms with Gasteiger partial charge in [0.25, 0.3) is 0 Å². The first kappa shape index (κ1) is 11.2. The second kappa shape index (κ2) is 4.38. The molecule has 1 N–H and O–H groups in total. The summed E-state index contributed by atoms with van der Waals surface area (Å²) in [6, 6.07) is 12.2. The van der Waals surface area contributed by atoms with E-state index in [9.17, 15) is 0 Å². The Kier molecular flexibility index (Phi) is 2.72. The summed E-state index contributed by atoms with van der Waals surface area (Å²) in [6.45, 7) is 2.86. The van der Waals surface area contributed by atoms with E-state index in [4.69, 9.17) is 12.2 Å². The van der Waals surface area contributed by atoms with Crippen molar-refractivity contribution in [3.05, 3.63) is 58.5 Å². The van der Waals surface area contributed by atoms with Crippen LogP contribution in [0, 0.1) is 11.7 Å². The van der Waals surface area contributed by atoms with Crippen molar-refractivity contribution < 1.29 is 0 Å². The zero-order valence-electron chi connectivity index (χ0n) is 10.1. The zero-order valence-corrected chi connectivity index (χ0v) is 10.9. The maximum atomic E-state index is 5.36. The molecule has 0 bridgehead atoms. The third-order valence-electron chi connectivity index (χ3n) is 3.12. The highest BCUT2D eigenvalue weighted by molar-refractivity contribution is 7.71. The minimum atomic E-state index is 0.715. The number of aromatic nitrogens is 3. The number of nitrogens with zero attached hydrogens (tertiary/aromatic N) is 2. The summed E-state index contributed by atoms with van der Waals surface area (Å²) < 4.78 is 2.75. The van der Waals surface area contributed by atoms with E-state index in [1.165, 1.54) is 11.1 Å². The molecule has 0 fully saturated rings. The molecule has 0 saturated carbocycles. The lowest BCUT2D eigenvalue weighted by atomic mass is 10.1. The number of hydrogen-bond acceptors (Lipinski definition) is 2. The summed E-state index contributed by atoms with van der Waals surface area (Å²) in [4.78, 5) is 7.57. The molecule has 0 aliphatic carbocycles. The van der Waals surface area contributed by atoms with Crippen LogP contribution in [0.25, 0.3) is 11.2 Å². The minimum Gasteiger partial charge on any atom is -0.329 e. The van der Waals surface area contributed by atoms with Gasteiger partial charge in [0.2, 0.25) is 0 Å². The van der Waals surface area contributed by atoms with Crippen LogP contribution in [-0.4, -0.2) is 14.5 Å². The summed E-state index contributed by atoms with van der Waals surface area (Å²) in [6.07, 6.45) is 1.79. The Bertz CT molecular complexity index is 755. The molecule has 4 heteroatoms. The second-order valence-electron chi connectivity index (χ2n) is 4.32. The van der Waals surface area contributed by atoms with Gasteiger partial charge in [-0.3, -0.25) is 4.57 Å². The van der Waals surface area contributed by atoms with Gasteiger partial charge in [0.1, 0.15) is 0 Å². The maximum absolute atomic E-state index is 5.36. The lowest BCUT2D eigenvalue weighted by molar-refractivity contribution is 0.796. The lowest BCUT2D eigenvalue weighted by Gasteiger charge is -2.07. The molecule has 0 aliphatic rings.